The third-order valence-electron chi connectivity index (χ3n) is 3.52. The maximum atomic E-state index is 11.9. The van der Waals surface area contributed by atoms with Crippen molar-refractivity contribution >= 4 is 15.5 Å². The van der Waals surface area contributed by atoms with E-state index in [0.717, 1.165) is 11.3 Å². The van der Waals surface area contributed by atoms with E-state index in [-0.39, 0.29) is 11.7 Å². The van der Waals surface area contributed by atoms with Crippen molar-refractivity contribution in [2.75, 3.05) is 11.1 Å². The summed E-state index contributed by atoms with van der Waals surface area (Å²) in [6.45, 7) is 4.38. The molecule has 7 heteroatoms. The molecule has 1 aliphatic heterocycles. The van der Waals surface area contributed by atoms with Crippen molar-refractivity contribution in [1.82, 2.24) is 10.1 Å². The quantitative estimate of drug-likeness (QED) is 0.931. The first kappa shape index (κ1) is 14.1. The zero-order chi connectivity index (χ0) is 15.0. The number of hydrogen-bond acceptors (Lipinski definition) is 6. The Morgan fingerprint density at radius 3 is 2.90 bits per heavy atom. The standard InChI is InChI=1S/C14H17N3O3S/c1-9(2)14-16-13(20-17-14)8-15-11-4-3-5-12-10(11)6-7-21(12,18)19/h3-5,9,15H,6-8H2,1-2H3. The molecule has 1 N–H and O–H groups in total. The number of nitrogens with zero attached hydrogens (tertiary/aromatic N) is 2. The Kier molecular flexibility index (Phi) is 3.44. The van der Waals surface area contributed by atoms with Gasteiger partial charge in [0.05, 0.1) is 17.2 Å². The molecule has 0 aliphatic carbocycles. The van der Waals surface area contributed by atoms with Crippen LogP contribution in [0.15, 0.2) is 27.6 Å². The zero-order valence-corrected chi connectivity index (χ0v) is 12.8. The maximum absolute atomic E-state index is 11.9. The summed E-state index contributed by atoms with van der Waals surface area (Å²) in [4.78, 5) is 4.72. The van der Waals surface area contributed by atoms with Crippen molar-refractivity contribution in [2.45, 2.75) is 37.6 Å². The van der Waals surface area contributed by atoms with Crippen LogP contribution in [-0.2, 0) is 22.8 Å². The number of aromatic nitrogens is 2. The molecule has 0 fully saturated rings. The van der Waals surface area contributed by atoms with Crippen LogP contribution in [0.5, 0.6) is 0 Å². The van der Waals surface area contributed by atoms with Gasteiger partial charge in [0.2, 0.25) is 5.89 Å². The minimum atomic E-state index is -3.11. The Morgan fingerprint density at radius 2 is 2.19 bits per heavy atom. The van der Waals surface area contributed by atoms with Gasteiger partial charge in [-0.25, -0.2) is 8.42 Å². The van der Waals surface area contributed by atoms with Crippen molar-refractivity contribution in [2.24, 2.45) is 0 Å². The summed E-state index contributed by atoms with van der Waals surface area (Å²) < 4.78 is 28.9. The molecular formula is C14H17N3O3S. The summed E-state index contributed by atoms with van der Waals surface area (Å²) in [5.74, 6) is 1.57. The minimum absolute atomic E-state index is 0.180. The first-order chi connectivity index (χ1) is 9.97. The van der Waals surface area contributed by atoms with Crippen molar-refractivity contribution in [3.63, 3.8) is 0 Å². The molecule has 3 rings (SSSR count). The summed E-state index contributed by atoms with van der Waals surface area (Å²) in [5.41, 5.74) is 1.67. The predicted octanol–water partition coefficient (Wildman–Crippen LogP) is 2.13. The summed E-state index contributed by atoms with van der Waals surface area (Å²) in [5, 5.41) is 7.09. The Bertz CT molecular complexity index is 766. The second-order valence-electron chi connectivity index (χ2n) is 5.41. The average molecular weight is 307 g/mol. The molecule has 1 aromatic heterocycles. The highest BCUT2D eigenvalue weighted by atomic mass is 32.2. The summed E-state index contributed by atoms with van der Waals surface area (Å²) in [6.07, 6.45) is 0.544. The maximum Gasteiger partial charge on any atom is 0.245 e. The van der Waals surface area contributed by atoms with Gasteiger partial charge in [0.15, 0.2) is 15.7 Å². The van der Waals surface area contributed by atoms with Crippen LogP contribution in [0.4, 0.5) is 5.69 Å². The van der Waals surface area contributed by atoms with Crippen LogP contribution in [0.1, 0.15) is 37.0 Å². The van der Waals surface area contributed by atoms with E-state index >= 15 is 0 Å². The summed E-state index contributed by atoms with van der Waals surface area (Å²) >= 11 is 0. The van der Waals surface area contributed by atoms with Crippen molar-refractivity contribution < 1.29 is 12.9 Å². The highest BCUT2D eigenvalue weighted by Crippen LogP contribution is 2.31. The van der Waals surface area contributed by atoms with Gasteiger partial charge in [0.25, 0.3) is 0 Å². The molecule has 21 heavy (non-hydrogen) atoms. The fraction of sp³-hybridized carbons (Fsp3) is 0.429. The minimum Gasteiger partial charge on any atom is -0.376 e. The van der Waals surface area contributed by atoms with E-state index < -0.39 is 9.84 Å². The molecule has 1 aromatic carbocycles. The van der Waals surface area contributed by atoms with Gasteiger partial charge in [-0.05, 0) is 24.1 Å². The van der Waals surface area contributed by atoms with Crippen molar-refractivity contribution in [3.05, 3.63) is 35.5 Å². The van der Waals surface area contributed by atoms with Crippen LogP contribution in [0.3, 0.4) is 0 Å². The van der Waals surface area contributed by atoms with E-state index in [4.69, 9.17) is 4.52 Å². The van der Waals surface area contributed by atoms with Crippen molar-refractivity contribution in [3.8, 4) is 0 Å². The first-order valence-corrected chi connectivity index (χ1v) is 8.53. The number of benzene rings is 1. The van der Waals surface area contributed by atoms with Gasteiger partial charge in [-0.15, -0.1) is 0 Å². The van der Waals surface area contributed by atoms with Crippen molar-refractivity contribution in [1.29, 1.82) is 0 Å². The average Bonchev–Trinajstić information content (AvgIpc) is 3.02. The van der Waals surface area contributed by atoms with Gasteiger partial charge in [-0.3, -0.25) is 0 Å². The van der Waals surface area contributed by atoms with Gasteiger partial charge in [-0.1, -0.05) is 25.1 Å². The van der Waals surface area contributed by atoms with Gasteiger partial charge >= 0.3 is 0 Å². The molecular weight excluding hydrogens is 290 g/mol. The van der Waals surface area contributed by atoms with E-state index in [0.29, 0.717) is 29.6 Å². The van der Waals surface area contributed by atoms with Gasteiger partial charge in [0, 0.05) is 11.6 Å². The Labute approximate surface area is 123 Å². The SMILES string of the molecule is CC(C)c1noc(CNc2cccc3c2CCS3(=O)=O)n1. The molecule has 6 nitrogen and oxygen atoms in total. The third-order valence-corrected chi connectivity index (χ3v) is 5.31. The van der Waals surface area contributed by atoms with E-state index in [9.17, 15) is 8.42 Å². The van der Waals surface area contributed by atoms with Crippen LogP contribution < -0.4 is 5.32 Å². The molecule has 0 atom stereocenters. The van der Waals surface area contributed by atoms with E-state index in [1.807, 2.05) is 19.9 Å². The summed E-state index contributed by atoms with van der Waals surface area (Å²) in [7, 11) is -3.11. The molecule has 0 saturated heterocycles. The second-order valence-corrected chi connectivity index (χ2v) is 7.48. The van der Waals surface area contributed by atoms with Crippen LogP contribution in [0.2, 0.25) is 0 Å². The lowest BCUT2D eigenvalue weighted by Gasteiger charge is -2.08. The predicted molar refractivity (Wildman–Crippen MR) is 77.9 cm³/mol. The molecule has 2 heterocycles. The Balaban J connectivity index is 1.79. The van der Waals surface area contributed by atoms with E-state index in [1.54, 1.807) is 12.1 Å². The Hall–Kier alpha value is -1.89. The molecule has 2 aromatic rings. The molecule has 0 radical (unpaired) electrons. The number of hydrogen-bond donors (Lipinski definition) is 1. The molecule has 0 saturated carbocycles. The molecule has 0 bridgehead atoms. The molecule has 0 unspecified atom stereocenters. The normalized spacial score (nSPS) is 16.1. The van der Waals surface area contributed by atoms with Gasteiger partial charge < -0.3 is 9.84 Å². The lowest BCUT2D eigenvalue weighted by atomic mass is 10.1. The Morgan fingerprint density at radius 1 is 1.38 bits per heavy atom. The van der Waals surface area contributed by atoms with Crippen LogP contribution in [0.25, 0.3) is 0 Å². The number of fused-ring (bicyclic) bond motifs is 1. The van der Waals surface area contributed by atoms with Crippen LogP contribution >= 0.6 is 0 Å². The highest BCUT2D eigenvalue weighted by Gasteiger charge is 2.27. The summed E-state index contributed by atoms with van der Waals surface area (Å²) in [6, 6.07) is 5.28. The largest absolute Gasteiger partial charge is 0.376 e. The molecule has 112 valence electrons. The topological polar surface area (TPSA) is 85.1 Å². The van der Waals surface area contributed by atoms with Crippen LogP contribution in [-0.4, -0.2) is 24.3 Å². The zero-order valence-electron chi connectivity index (χ0n) is 12.0. The first-order valence-electron chi connectivity index (χ1n) is 6.88. The molecule has 0 amide bonds. The molecule has 0 spiro atoms. The number of anilines is 1. The third kappa shape index (κ3) is 2.65. The number of nitrogens with one attached hydrogen (secondary N) is 1. The lowest BCUT2D eigenvalue weighted by Crippen LogP contribution is -2.03. The fourth-order valence-electron chi connectivity index (χ4n) is 2.37. The number of rotatable bonds is 4. The smallest absolute Gasteiger partial charge is 0.245 e. The highest BCUT2D eigenvalue weighted by molar-refractivity contribution is 7.91. The van der Waals surface area contributed by atoms with E-state index in [1.165, 1.54) is 0 Å². The lowest BCUT2D eigenvalue weighted by molar-refractivity contribution is 0.376. The second kappa shape index (κ2) is 5.14. The van der Waals surface area contributed by atoms with E-state index in [2.05, 4.69) is 15.5 Å². The van der Waals surface area contributed by atoms with Crippen LogP contribution in [0, 0.1) is 0 Å². The van der Waals surface area contributed by atoms with Gasteiger partial charge in [-0.2, -0.15) is 4.98 Å². The van der Waals surface area contributed by atoms with Gasteiger partial charge in [0.1, 0.15) is 0 Å². The monoisotopic (exact) mass is 307 g/mol. The molecule has 1 aliphatic rings. The number of sulfone groups is 1. The fourth-order valence-corrected chi connectivity index (χ4v) is 3.94.